The van der Waals surface area contributed by atoms with Gasteiger partial charge in [-0.15, -0.1) is 0 Å². The Hall–Kier alpha value is -0.710. The molecule has 4 nitrogen and oxygen atoms in total. The second-order valence-electron chi connectivity index (χ2n) is 5.98. The maximum atomic E-state index is 12.7. The van der Waals surface area contributed by atoms with Crippen LogP contribution >= 0.6 is 11.8 Å². The maximum Gasteiger partial charge on any atom is 0.307 e. The molecule has 1 N–H and O–H groups in total. The molecule has 1 amide bonds. The van der Waals surface area contributed by atoms with Crippen molar-refractivity contribution in [3.63, 3.8) is 0 Å². The van der Waals surface area contributed by atoms with Crippen LogP contribution in [0.1, 0.15) is 39.5 Å². The molecular weight excluding hydrogens is 274 g/mol. The van der Waals surface area contributed by atoms with Crippen molar-refractivity contribution >= 4 is 23.6 Å². The molecule has 0 aromatic carbocycles. The van der Waals surface area contributed by atoms with Gasteiger partial charge in [0.15, 0.2) is 0 Å². The average molecular weight is 299 g/mol. The SMILES string of the molecule is CCC1CC(C(=O)O)C(C(=O)N2CCSC(CC)C2)C1. The smallest absolute Gasteiger partial charge is 0.307 e. The number of aliphatic carboxylic acids is 1. The number of carboxylic acids is 1. The first-order chi connectivity index (χ1) is 9.56. The molecule has 2 rings (SSSR count). The summed E-state index contributed by atoms with van der Waals surface area (Å²) in [4.78, 5) is 26.0. The molecule has 4 atom stereocenters. The minimum absolute atomic E-state index is 0.0899. The molecule has 0 aromatic heterocycles. The molecule has 20 heavy (non-hydrogen) atoms. The topological polar surface area (TPSA) is 57.6 Å². The van der Waals surface area contributed by atoms with E-state index >= 15 is 0 Å². The van der Waals surface area contributed by atoms with E-state index in [0.717, 1.165) is 38.1 Å². The number of hydrogen-bond acceptors (Lipinski definition) is 3. The summed E-state index contributed by atoms with van der Waals surface area (Å²) in [5, 5.41) is 9.88. The van der Waals surface area contributed by atoms with E-state index in [9.17, 15) is 14.7 Å². The van der Waals surface area contributed by atoms with Gasteiger partial charge in [0.2, 0.25) is 5.91 Å². The van der Waals surface area contributed by atoms with E-state index in [1.165, 1.54) is 0 Å². The van der Waals surface area contributed by atoms with E-state index in [0.29, 0.717) is 17.6 Å². The predicted octanol–water partition coefficient (Wildman–Crippen LogP) is 2.48. The first-order valence-corrected chi connectivity index (χ1v) is 8.74. The molecule has 114 valence electrons. The van der Waals surface area contributed by atoms with Crippen molar-refractivity contribution in [3.05, 3.63) is 0 Å². The summed E-state index contributed by atoms with van der Waals surface area (Å²) in [6.45, 7) is 5.80. The number of nitrogens with zero attached hydrogens (tertiary/aromatic N) is 1. The highest BCUT2D eigenvalue weighted by Gasteiger charge is 2.44. The Kier molecular flexibility index (Phi) is 5.35. The van der Waals surface area contributed by atoms with Crippen LogP contribution in [-0.2, 0) is 9.59 Å². The lowest BCUT2D eigenvalue weighted by atomic mass is 9.94. The molecule has 1 saturated heterocycles. The second-order valence-corrected chi connectivity index (χ2v) is 7.39. The van der Waals surface area contributed by atoms with E-state index in [4.69, 9.17) is 0 Å². The lowest BCUT2D eigenvalue weighted by Gasteiger charge is -2.34. The van der Waals surface area contributed by atoms with Crippen molar-refractivity contribution in [2.45, 2.75) is 44.8 Å². The van der Waals surface area contributed by atoms with Gasteiger partial charge in [0, 0.05) is 24.1 Å². The molecule has 2 fully saturated rings. The van der Waals surface area contributed by atoms with E-state index in [1.54, 1.807) is 0 Å². The Morgan fingerprint density at radius 3 is 2.50 bits per heavy atom. The fraction of sp³-hybridized carbons (Fsp3) is 0.867. The highest BCUT2D eigenvalue weighted by molar-refractivity contribution is 8.00. The number of amides is 1. The van der Waals surface area contributed by atoms with E-state index in [1.807, 2.05) is 16.7 Å². The van der Waals surface area contributed by atoms with Gasteiger partial charge in [0.1, 0.15) is 0 Å². The third kappa shape index (κ3) is 3.30. The fourth-order valence-corrected chi connectivity index (χ4v) is 4.60. The molecule has 0 bridgehead atoms. The Bertz CT molecular complexity index is 374. The van der Waals surface area contributed by atoms with Crippen LogP contribution in [-0.4, -0.2) is 46.0 Å². The van der Waals surface area contributed by atoms with Gasteiger partial charge >= 0.3 is 5.97 Å². The lowest BCUT2D eigenvalue weighted by Crippen LogP contribution is -2.46. The second kappa shape index (κ2) is 6.83. The minimum Gasteiger partial charge on any atom is -0.481 e. The molecular formula is C15H25NO3S. The van der Waals surface area contributed by atoms with Crippen molar-refractivity contribution in [3.8, 4) is 0 Å². The first kappa shape index (κ1) is 15.7. The van der Waals surface area contributed by atoms with Gasteiger partial charge < -0.3 is 10.0 Å². The summed E-state index contributed by atoms with van der Waals surface area (Å²) in [5.74, 6) is -0.0949. The van der Waals surface area contributed by atoms with Gasteiger partial charge in [0.05, 0.1) is 11.8 Å². The van der Waals surface area contributed by atoms with Crippen molar-refractivity contribution in [1.29, 1.82) is 0 Å². The highest BCUT2D eigenvalue weighted by Crippen LogP contribution is 2.40. The predicted molar refractivity (Wildman–Crippen MR) is 80.7 cm³/mol. The molecule has 0 spiro atoms. The van der Waals surface area contributed by atoms with Gasteiger partial charge in [-0.05, 0) is 25.2 Å². The highest BCUT2D eigenvalue weighted by atomic mass is 32.2. The molecule has 4 unspecified atom stereocenters. The molecule has 1 aliphatic heterocycles. The summed E-state index contributed by atoms with van der Waals surface area (Å²) < 4.78 is 0. The molecule has 1 aliphatic carbocycles. The first-order valence-electron chi connectivity index (χ1n) is 7.69. The van der Waals surface area contributed by atoms with Crippen LogP contribution in [0.2, 0.25) is 0 Å². The summed E-state index contributed by atoms with van der Waals surface area (Å²) in [7, 11) is 0. The number of rotatable bonds is 4. The number of carboxylic acid groups (broad SMARTS) is 1. The van der Waals surface area contributed by atoms with Gasteiger partial charge in [-0.2, -0.15) is 11.8 Å². The van der Waals surface area contributed by atoms with Crippen LogP contribution in [0.15, 0.2) is 0 Å². The number of thioether (sulfide) groups is 1. The Morgan fingerprint density at radius 1 is 1.20 bits per heavy atom. The molecule has 2 aliphatic rings. The van der Waals surface area contributed by atoms with Crippen molar-refractivity contribution in [1.82, 2.24) is 4.90 Å². The van der Waals surface area contributed by atoms with Crippen LogP contribution in [0.25, 0.3) is 0 Å². The molecule has 0 aromatic rings. The van der Waals surface area contributed by atoms with Crippen molar-refractivity contribution in [2.75, 3.05) is 18.8 Å². The third-order valence-electron chi connectivity index (χ3n) is 4.78. The standard InChI is InChI=1S/C15H25NO3S/c1-3-10-7-12(13(8-10)15(18)19)14(17)16-5-6-20-11(4-2)9-16/h10-13H,3-9H2,1-2H3,(H,18,19). The quantitative estimate of drug-likeness (QED) is 0.866. The Labute approximate surface area is 125 Å². The zero-order valence-corrected chi connectivity index (χ0v) is 13.2. The largest absolute Gasteiger partial charge is 0.481 e. The van der Waals surface area contributed by atoms with Gasteiger partial charge in [-0.3, -0.25) is 9.59 Å². The molecule has 1 saturated carbocycles. The van der Waals surface area contributed by atoms with Crippen LogP contribution in [0, 0.1) is 17.8 Å². The van der Waals surface area contributed by atoms with Crippen LogP contribution in [0.3, 0.4) is 0 Å². The zero-order valence-electron chi connectivity index (χ0n) is 12.4. The summed E-state index contributed by atoms with van der Waals surface area (Å²) in [5.41, 5.74) is 0. The Balaban J connectivity index is 2.04. The third-order valence-corrected chi connectivity index (χ3v) is 6.15. The van der Waals surface area contributed by atoms with Crippen LogP contribution < -0.4 is 0 Å². The Morgan fingerprint density at radius 2 is 1.90 bits per heavy atom. The molecule has 5 heteroatoms. The normalized spacial score (nSPS) is 34.2. The minimum atomic E-state index is -0.794. The van der Waals surface area contributed by atoms with E-state index < -0.39 is 11.9 Å². The number of hydrogen-bond donors (Lipinski definition) is 1. The summed E-state index contributed by atoms with van der Waals surface area (Å²) in [6.07, 6.45) is 3.47. The monoisotopic (exact) mass is 299 g/mol. The number of carbonyl (C=O) groups is 2. The van der Waals surface area contributed by atoms with Crippen LogP contribution in [0.5, 0.6) is 0 Å². The maximum absolute atomic E-state index is 12.7. The lowest BCUT2D eigenvalue weighted by molar-refractivity contribution is -0.149. The molecule has 1 heterocycles. The van der Waals surface area contributed by atoms with Crippen molar-refractivity contribution < 1.29 is 14.7 Å². The average Bonchev–Trinajstić information content (AvgIpc) is 2.91. The zero-order chi connectivity index (χ0) is 14.7. The fourth-order valence-electron chi connectivity index (χ4n) is 3.42. The van der Waals surface area contributed by atoms with Crippen LogP contribution in [0.4, 0.5) is 0 Å². The number of carbonyl (C=O) groups excluding carboxylic acids is 1. The van der Waals surface area contributed by atoms with Crippen molar-refractivity contribution in [2.24, 2.45) is 17.8 Å². The summed E-state index contributed by atoms with van der Waals surface area (Å²) >= 11 is 1.93. The van der Waals surface area contributed by atoms with Gasteiger partial charge in [-0.1, -0.05) is 20.3 Å². The van der Waals surface area contributed by atoms with Gasteiger partial charge in [-0.25, -0.2) is 0 Å². The van der Waals surface area contributed by atoms with Gasteiger partial charge in [0.25, 0.3) is 0 Å². The molecule has 0 radical (unpaired) electrons. The van der Waals surface area contributed by atoms with E-state index in [-0.39, 0.29) is 11.8 Å². The van der Waals surface area contributed by atoms with E-state index in [2.05, 4.69) is 13.8 Å². The summed E-state index contributed by atoms with van der Waals surface area (Å²) in [6, 6.07) is 0.